The largest absolute Gasteiger partial charge is 0.381 e. The van der Waals surface area contributed by atoms with E-state index in [1.54, 1.807) is 10.8 Å². The maximum Gasteiger partial charge on any atom is 0.269 e. The van der Waals surface area contributed by atoms with Crippen LogP contribution in [0.3, 0.4) is 0 Å². The van der Waals surface area contributed by atoms with Crippen LogP contribution in [0.2, 0.25) is 0 Å². The highest BCUT2D eigenvalue weighted by molar-refractivity contribution is 5.96. The SMILES string of the molecule is Cc1cc(-c2n[nH]c(C(=O)NC3CCN(CC4CCOCC4)CC3)c2C(C)C)cn2ncnc12. The van der Waals surface area contributed by atoms with Crippen LogP contribution in [0.25, 0.3) is 16.9 Å². The molecule has 0 unspecified atom stereocenters. The monoisotopic (exact) mass is 465 g/mol. The van der Waals surface area contributed by atoms with Crippen molar-refractivity contribution in [3.05, 3.63) is 35.4 Å². The number of rotatable bonds is 6. The highest BCUT2D eigenvalue weighted by Gasteiger charge is 2.27. The van der Waals surface area contributed by atoms with Crippen molar-refractivity contribution in [2.24, 2.45) is 5.92 Å². The summed E-state index contributed by atoms with van der Waals surface area (Å²) in [4.78, 5) is 20.1. The van der Waals surface area contributed by atoms with Gasteiger partial charge in [-0.1, -0.05) is 13.8 Å². The van der Waals surface area contributed by atoms with Crippen LogP contribution in [0.1, 0.15) is 67.1 Å². The van der Waals surface area contributed by atoms with Gasteiger partial charge in [0.05, 0.1) is 5.69 Å². The standard InChI is InChI=1S/C25H35N7O2/c1-16(2)21-22(19-12-17(3)24-26-15-27-32(24)14-19)29-30-23(21)25(33)28-20-4-8-31(9-5-20)13-18-6-10-34-11-7-18/h12,14-16,18,20H,4-11,13H2,1-3H3,(H,28,33)(H,29,30). The number of ether oxygens (including phenoxy) is 1. The molecule has 2 aliphatic heterocycles. The molecule has 9 heteroatoms. The van der Waals surface area contributed by atoms with Crippen LogP contribution < -0.4 is 5.32 Å². The molecule has 2 saturated heterocycles. The molecular formula is C25H35N7O2. The second-order valence-electron chi connectivity index (χ2n) is 10.1. The quantitative estimate of drug-likeness (QED) is 0.580. The van der Waals surface area contributed by atoms with Crippen LogP contribution in [0.15, 0.2) is 18.6 Å². The molecule has 0 bridgehead atoms. The Morgan fingerprint density at radius 2 is 2.00 bits per heavy atom. The van der Waals surface area contributed by atoms with Crippen molar-refractivity contribution in [3.8, 4) is 11.3 Å². The molecule has 0 radical (unpaired) electrons. The summed E-state index contributed by atoms with van der Waals surface area (Å²) in [6.07, 6.45) is 7.77. The minimum Gasteiger partial charge on any atom is -0.381 e. The summed E-state index contributed by atoms with van der Waals surface area (Å²) in [5.41, 5.74) is 5.07. The number of aromatic amines is 1. The van der Waals surface area contributed by atoms with E-state index in [1.807, 2.05) is 13.1 Å². The Bertz CT molecular complexity index is 1140. The molecule has 0 spiro atoms. The summed E-state index contributed by atoms with van der Waals surface area (Å²) < 4.78 is 7.25. The molecule has 3 aromatic heterocycles. The summed E-state index contributed by atoms with van der Waals surface area (Å²) in [5, 5.41) is 15.2. The minimum absolute atomic E-state index is 0.0658. The fourth-order valence-electron chi connectivity index (χ4n) is 5.34. The minimum atomic E-state index is -0.0658. The second-order valence-corrected chi connectivity index (χ2v) is 10.1. The van der Waals surface area contributed by atoms with Crippen LogP contribution in [-0.4, -0.2) is 74.5 Å². The van der Waals surface area contributed by atoms with Gasteiger partial charge in [0.15, 0.2) is 5.65 Å². The lowest BCUT2D eigenvalue weighted by Gasteiger charge is -2.35. The number of carbonyl (C=O) groups is 1. The van der Waals surface area contributed by atoms with Gasteiger partial charge < -0.3 is 15.0 Å². The second kappa shape index (κ2) is 9.84. The van der Waals surface area contributed by atoms with E-state index in [9.17, 15) is 4.79 Å². The topological polar surface area (TPSA) is 100 Å². The molecule has 5 rings (SSSR count). The number of nitrogens with zero attached hydrogens (tertiary/aromatic N) is 5. The van der Waals surface area contributed by atoms with Gasteiger partial charge in [-0.3, -0.25) is 9.89 Å². The van der Waals surface area contributed by atoms with Gasteiger partial charge in [0.25, 0.3) is 5.91 Å². The van der Waals surface area contributed by atoms with Crippen LogP contribution in [0, 0.1) is 12.8 Å². The van der Waals surface area contributed by atoms with Crippen LogP contribution in [0.4, 0.5) is 0 Å². The zero-order valence-corrected chi connectivity index (χ0v) is 20.4. The number of H-pyrrole nitrogens is 1. The van der Waals surface area contributed by atoms with Crippen molar-refractivity contribution in [3.63, 3.8) is 0 Å². The first-order chi connectivity index (χ1) is 16.5. The zero-order valence-electron chi connectivity index (χ0n) is 20.4. The fourth-order valence-corrected chi connectivity index (χ4v) is 5.34. The van der Waals surface area contributed by atoms with Crippen molar-refractivity contribution in [2.45, 2.75) is 58.4 Å². The number of carbonyl (C=O) groups excluding carboxylic acids is 1. The van der Waals surface area contributed by atoms with Crippen LogP contribution in [0.5, 0.6) is 0 Å². The predicted molar refractivity (Wildman–Crippen MR) is 130 cm³/mol. The van der Waals surface area contributed by atoms with Crippen LogP contribution >= 0.6 is 0 Å². The lowest BCUT2D eigenvalue weighted by Crippen LogP contribution is -2.46. The molecule has 0 atom stereocenters. The van der Waals surface area contributed by atoms with Gasteiger partial charge >= 0.3 is 0 Å². The Morgan fingerprint density at radius 3 is 2.74 bits per heavy atom. The number of fused-ring (bicyclic) bond motifs is 1. The molecule has 2 N–H and O–H groups in total. The summed E-state index contributed by atoms with van der Waals surface area (Å²) >= 11 is 0. The average molecular weight is 466 g/mol. The Hall–Kier alpha value is -2.78. The van der Waals surface area contributed by atoms with E-state index in [2.05, 4.69) is 50.4 Å². The number of hydrogen-bond acceptors (Lipinski definition) is 6. The number of piperidine rings is 1. The first-order valence-electron chi connectivity index (χ1n) is 12.5. The normalized spacial score (nSPS) is 18.7. The summed E-state index contributed by atoms with van der Waals surface area (Å²) in [5.74, 6) is 0.823. The van der Waals surface area contributed by atoms with E-state index in [1.165, 1.54) is 12.8 Å². The van der Waals surface area contributed by atoms with Gasteiger partial charge in [-0.05, 0) is 56.1 Å². The zero-order chi connectivity index (χ0) is 23.7. The maximum absolute atomic E-state index is 13.3. The van der Waals surface area contributed by atoms with Gasteiger partial charge in [0.2, 0.25) is 0 Å². The summed E-state index contributed by atoms with van der Waals surface area (Å²) in [6, 6.07) is 2.25. The van der Waals surface area contributed by atoms with Gasteiger partial charge in [-0.15, -0.1) is 0 Å². The van der Waals surface area contributed by atoms with Gasteiger partial charge in [-0.25, -0.2) is 9.50 Å². The molecule has 1 amide bonds. The Balaban J connectivity index is 1.26. The predicted octanol–water partition coefficient (Wildman–Crippen LogP) is 3.17. The molecule has 5 heterocycles. The number of amides is 1. The van der Waals surface area contributed by atoms with Crippen LogP contribution in [-0.2, 0) is 4.74 Å². The molecule has 0 aliphatic carbocycles. The van der Waals surface area contributed by atoms with Crippen molar-refractivity contribution in [1.29, 1.82) is 0 Å². The number of likely N-dealkylation sites (tertiary alicyclic amines) is 1. The van der Waals surface area contributed by atoms with Crippen molar-refractivity contribution >= 4 is 11.6 Å². The third kappa shape index (κ3) is 4.72. The number of nitrogens with one attached hydrogen (secondary N) is 2. The number of aryl methyl sites for hydroxylation is 1. The molecule has 9 nitrogen and oxygen atoms in total. The molecule has 3 aromatic rings. The van der Waals surface area contributed by atoms with E-state index >= 15 is 0 Å². The third-order valence-corrected chi connectivity index (χ3v) is 7.22. The molecule has 0 saturated carbocycles. The van der Waals surface area contributed by atoms with E-state index in [4.69, 9.17) is 4.74 Å². The molecule has 34 heavy (non-hydrogen) atoms. The van der Waals surface area contributed by atoms with E-state index in [0.717, 1.165) is 79.6 Å². The van der Waals surface area contributed by atoms with Crippen molar-refractivity contribution in [2.75, 3.05) is 32.8 Å². The molecule has 182 valence electrons. The Morgan fingerprint density at radius 1 is 1.24 bits per heavy atom. The molecule has 0 aromatic carbocycles. The lowest BCUT2D eigenvalue weighted by molar-refractivity contribution is 0.0477. The molecule has 2 fully saturated rings. The van der Waals surface area contributed by atoms with E-state index < -0.39 is 0 Å². The first-order valence-corrected chi connectivity index (χ1v) is 12.5. The first kappa shape index (κ1) is 23.0. The number of aromatic nitrogens is 5. The van der Waals surface area contributed by atoms with E-state index in [-0.39, 0.29) is 17.9 Å². The highest BCUT2D eigenvalue weighted by Crippen LogP contribution is 2.31. The molecular weight excluding hydrogens is 430 g/mol. The van der Waals surface area contributed by atoms with Gasteiger partial charge in [-0.2, -0.15) is 10.2 Å². The fraction of sp³-hybridized carbons (Fsp3) is 0.600. The summed E-state index contributed by atoms with van der Waals surface area (Å²) in [7, 11) is 0. The Kier molecular flexibility index (Phi) is 6.65. The third-order valence-electron chi connectivity index (χ3n) is 7.22. The van der Waals surface area contributed by atoms with Gasteiger partial charge in [0.1, 0.15) is 12.0 Å². The smallest absolute Gasteiger partial charge is 0.269 e. The highest BCUT2D eigenvalue weighted by atomic mass is 16.5. The number of pyridine rings is 1. The lowest BCUT2D eigenvalue weighted by atomic mass is 9.95. The van der Waals surface area contributed by atoms with Crippen molar-refractivity contribution < 1.29 is 9.53 Å². The Labute approximate surface area is 200 Å². The number of hydrogen-bond donors (Lipinski definition) is 2. The van der Waals surface area contributed by atoms with E-state index in [0.29, 0.717) is 5.69 Å². The molecule has 2 aliphatic rings. The van der Waals surface area contributed by atoms with Gasteiger partial charge in [0, 0.05) is 56.2 Å². The average Bonchev–Trinajstić information content (AvgIpc) is 3.49. The maximum atomic E-state index is 13.3. The summed E-state index contributed by atoms with van der Waals surface area (Å²) in [6.45, 7) is 11.2. The van der Waals surface area contributed by atoms with Crippen molar-refractivity contribution in [1.82, 2.24) is 35.0 Å².